The Bertz CT molecular complexity index is 611. The lowest BCUT2D eigenvalue weighted by molar-refractivity contribution is 0.0168. The average Bonchev–Trinajstić information content (AvgIpc) is 3.22. The maximum absolute atomic E-state index is 11.9. The van der Waals surface area contributed by atoms with Crippen molar-refractivity contribution in [2.45, 2.75) is 38.8 Å². The fourth-order valence-electron chi connectivity index (χ4n) is 2.89. The third-order valence-electron chi connectivity index (χ3n) is 4.46. The quantitative estimate of drug-likeness (QED) is 0.363. The number of guanidine groups is 1. The zero-order valence-electron chi connectivity index (χ0n) is 17.4. The van der Waals surface area contributed by atoms with Crippen molar-refractivity contribution in [3.05, 3.63) is 35.4 Å². The number of hydrogen-bond acceptors (Lipinski definition) is 4. The normalized spacial score (nSPS) is 16.8. The fourth-order valence-corrected chi connectivity index (χ4v) is 2.89. The van der Waals surface area contributed by atoms with E-state index in [9.17, 15) is 4.79 Å². The SMILES string of the molecule is CCNC(=NCc1ccc(C(=O)N(C)C)cc1)NCCCOCC1CCCO1. The summed E-state index contributed by atoms with van der Waals surface area (Å²) in [6.45, 7) is 6.48. The molecule has 1 saturated heterocycles. The molecule has 1 aromatic carbocycles. The maximum atomic E-state index is 11.9. The van der Waals surface area contributed by atoms with Crippen LogP contribution in [-0.4, -0.2) is 69.9 Å². The number of nitrogens with one attached hydrogen (secondary N) is 2. The molecule has 28 heavy (non-hydrogen) atoms. The zero-order valence-corrected chi connectivity index (χ0v) is 17.4. The third kappa shape index (κ3) is 7.86. The van der Waals surface area contributed by atoms with E-state index in [4.69, 9.17) is 9.47 Å². The number of aliphatic imine (C=N–C) groups is 1. The van der Waals surface area contributed by atoms with Crippen molar-refractivity contribution >= 4 is 11.9 Å². The van der Waals surface area contributed by atoms with Crippen LogP contribution in [0, 0.1) is 0 Å². The highest BCUT2D eigenvalue weighted by Crippen LogP contribution is 2.11. The summed E-state index contributed by atoms with van der Waals surface area (Å²) < 4.78 is 11.2. The van der Waals surface area contributed by atoms with Gasteiger partial charge < -0.3 is 25.0 Å². The summed E-state index contributed by atoms with van der Waals surface area (Å²) in [6, 6.07) is 7.59. The minimum absolute atomic E-state index is 0.00627. The Labute approximate surface area is 168 Å². The van der Waals surface area contributed by atoms with Gasteiger partial charge in [-0.05, 0) is 43.9 Å². The van der Waals surface area contributed by atoms with Gasteiger partial charge >= 0.3 is 0 Å². The molecule has 1 amide bonds. The van der Waals surface area contributed by atoms with E-state index in [-0.39, 0.29) is 12.0 Å². The summed E-state index contributed by atoms with van der Waals surface area (Å²) >= 11 is 0. The summed E-state index contributed by atoms with van der Waals surface area (Å²) in [5.41, 5.74) is 1.75. The van der Waals surface area contributed by atoms with Crippen LogP contribution in [0.25, 0.3) is 0 Å². The molecule has 0 aliphatic carbocycles. The van der Waals surface area contributed by atoms with Crippen LogP contribution in [0.15, 0.2) is 29.3 Å². The van der Waals surface area contributed by atoms with Crippen LogP contribution in [0.2, 0.25) is 0 Å². The topological polar surface area (TPSA) is 75.2 Å². The van der Waals surface area contributed by atoms with Crippen molar-refractivity contribution in [1.82, 2.24) is 15.5 Å². The smallest absolute Gasteiger partial charge is 0.253 e. The average molecular weight is 391 g/mol. The van der Waals surface area contributed by atoms with Crippen LogP contribution in [0.5, 0.6) is 0 Å². The van der Waals surface area contributed by atoms with Gasteiger partial charge in [0.1, 0.15) is 0 Å². The number of nitrogens with zero attached hydrogens (tertiary/aromatic N) is 2. The number of ether oxygens (including phenoxy) is 2. The highest BCUT2D eigenvalue weighted by Gasteiger charge is 2.14. The number of carbonyl (C=O) groups is 1. The molecule has 1 heterocycles. The predicted molar refractivity (Wildman–Crippen MR) is 112 cm³/mol. The van der Waals surface area contributed by atoms with Crippen molar-refractivity contribution < 1.29 is 14.3 Å². The first-order valence-electron chi connectivity index (χ1n) is 10.1. The van der Waals surface area contributed by atoms with Crippen LogP contribution < -0.4 is 10.6 Å². The molecule has 0 aromatic heterocycles. The molecule has 1 fully saturated rings. The van der Waals surface area contributed by atoms with Gasteiger partial charge in [0.25, 0.3) is 5.91 Å². The van der Waals surface area contributed by atoms with Gasteiger partial charge in [0, 0.05) is 46.0 Å². The Hall–Kier alpha value is -2.12. The maximum Gasteiger partial charge on any atom is 0.253 e. The Morgan fingerprint density at radius 2 is 2.07 bits per heavy atom. The van der Waals surface area contributed by atoms with Crippen molar-refractivity contribution in [2.75, 3.05) is 47.0 Å². The van der Waals surface area contributed by atoms with Crippen LogP contribution in [0.1, 0.15) is 42.1 Å². The van der Waals surface area contributed by atoms with E-state index >= 15 is 0 Å². The summed E-state index contributed by atoms with van der Waals surface area (Å²) in [5.74, 6) is 0.793. The van der Waals surface area contributed by atoms with Gasteiger partial charge in [-0.1, -0.05) is 12.1 Å². The first-order valence-corrected chi connectivity index (χ1v) is 10.1. The molecule has 7 heteroatoms. The molecular weight excluding hydrogens is 356 g/mol. The standard InChI is InChI=1S/C21H34N4O3/c1-4-22-21(23-12-6-13-27-16-19-7-5-14-28-19)24-15-17-8-10-18(11-9-17)20(26)25(2)3/h8-11,19H,4-7,12-16H2,1-3H3,(H2,22,23,24). The molecule has 0 spiro atoms. The second kappa shape index (κ2) is 12.4. The van der Waals surface area contributed by atoms with Gasteiger partial charge in [-0.25, -0.2) is 4.99 Å². The number of rotatable bonds is 10. The molecule has 1 aromatic rings. The van der Waals surface area contributed by atoms with Crippen molar-refractivity contribution in [3.8, 4) is 0 Å². The van der Waals surface area contributed by atoms with E-state index < -0.39 is 0 Å². The number of benzene rings is 1. The summed E-state index contributed by atoms with van der Waals surface area (Å²) in [5, 5.41) is 6.58. The van der Waals surface area contributed by atoms with Gasteiger partial charge in [-0.15, -0.1) is 0 Å². The minimum atomic E-state index is 0.00627. The first-order chi connectivity index (χ1) is 13.6. The van der Waals surface area contributed by atoms with Crippen molar-refractivity contribution in [1.29, 1.82) is 0 Å². The molecule has 1 atom stereocenters. The third-order valence-corrected chi connectivity index (χ3v) is 4.46. The molecule has 0 radical (unpaired) electrons. The van der Waals surface area contributed by atoms with E-state index in [2.05, 4.69) is 15.6 Å². The van der Waals surface area contributed by atoms with Crippen molar-refractivity contribution in [2.24, 2.45) is 4.99 Å². The van der Waals surface area contributed by atoms with Gasteiger partial charge in [0.2, 0.25) is 0 Å². The van der Waals surface area contributed by atoms with Crippen LogP contribution in [0.3, 0.4) is 0 Å². The monoisotopic (exact) mass is 390 g/mol. The van der Waals surface area contributed by atoms with Crippen LogP contribution in [0.4, 0.5) is 0 Å². The molecule has 7 nitrogen and oxygen atoms in total. The van der Waals surface area contributed by atoms with Crippen molar-refractivity contribution in [3.63, 3.8) is 0 Å². The second-order valence-electron chi connectivity index (χ2n) is 7.08. The highest BCUT2D eigenvalue weighted by atomic mass is 16.5. The van der Waals surface area contributed by atoms with Gasteiger partial charge in [-0.3, -0.25) is 4.79 Å². The molecule has 0 bridgehead atoms. The number of amides is 1. The Kier molecular flexibility index (Phi) is 9.79. The molecule has 156 valence electrons. The first kappa shape index (κ1) is 22.2. The second-order valence-corrected chi connectivity index (χ2v) is 7.08. The summed E-state index contributed by atoms with van der Waals surface area (Å²) in [4.78, 5) is 18.1. The van der Waals surface area contributed by atoms with E-state index in [1.165, 1.54) is 0 Å². The molecule has 1 aliphatic heterocycles. The van der Waals surface area contributed by atoms with Gasteiger partial charge in [0.15, 0.2) is 5.96 Å². The molecule has 1 aliphatic rings. The van der Waals surface area contributed by atoms with Crippen LogP contribution >= 0.6 is 0 Å². The largest absolute Gasteiger partial charge is 0.379 e. The van der Waals surface area contributed by atoms with Crippen LogP contribution in [-0.2, 0) is 16.0 Å². The lowest BCUT2D eigenvalue weighted by atomic mass is 10.1. The van der Waals surface area contributed by atoms with Gasteiger partial charge in [0.05, 0.1) is 19.3 Å². The van der Waals surface area contributed by atoms with E-state index in [1.807, 2.05) is 31.2 Å². The molecular formula is C21H34N4O3. The lowest BCUT2D eigenvalue weighted by Crippen LogP contribution is -2.38. The molecule has 0 saturated carbocycles. The fraction of sp³-hybridized carbons (Fsp3) is 0.619. The summed E-state index contributed by atoms with van der Waals surface area (Å²) in [6.07, 6.45) is 3.46. The molecule has 2 N–H and O–H groups in total. The van der Waals surface area contributed by atoms with Gasteiger partial charge in [-0.2, -0.15) is 0 Å². The highest BCUT2D eigenvalue weighted by molar-refractivity contribution is 5.93. The Morgan fingerprint density at radius 1 is 1.29 bits per heavy atom. The predicted octanol–water partition coefficient (Wildman–Crippen LogP) is 2.03. The zero-order chi connectivity index (χ0) is 20.2. The molecule has 2 rings (SSSR count). The minimum Gasteiger partial charge on any atom is -0.379 e. The number of hydrogen-bond donors (Lipinski definition) is 2. The summed E-state index contributed by atoms with van der Waals surface area (Å²) in [7, 11) is 3.50. The molecule has 1 unspecified atom stereocenters. The van der Waals surface area contributed by atoms with E-state index in [0.29, 0.717) is 25.3 Å². The Balaban J connectivity index is 1.71. The van der Waals surface area contributed by atoms with E-state index in [1.54, 1.807) is 19.0 Å². The lowest BCUT2D eigenvalue weighted by Gasteiger charge is -2.13. The van der Waals surface area contributed by atoms with E-state index in [0.717, 1.165) is 50.5 Å². The number of carbonyl (C=O) groups excluding carboxylic acids is 1. The Morgan fingerprint density at radius 3 is 2.71 bits per heavy atom.